The molecule has 2 rings (SSSR count). The molecule has 0 aliphatic carbocycles. The minimum Gasteiger partial charge on any atom is -0.484 e. The first-order valence-corrected chi connectivity index (χ1v) is 9.31. The fraction of sp³-hybridized carbons (Fsp3) is 0.333. The van der Waals surface area contributed by atoms with E-state index in [1.54, 1.807) is 19.2 Å². The zero-order valence-corrected chi connectivity index (χ0v) is 16.5. The van der Waals surface area contributed by atoms with Crippen LogP contribution >= 0.6 is 0 Å². The predicted octanol–water partition coefficient (Wildman–Crippen LogP) is 3.48. The van der Waals surface area contributed by atoms with Crippen LogP contribution in [-0.4, -0.2) is 43.2 Å². The summed E-state index contributed by atoms with van der Waals surface area (Å²) in [4.78, 5) is 25.5. The van der Waals surface area contributed by atoms with E-state index in [1.165, 1.54) is 17.0 Å². The number of carbonyl (C=O) groups is 2. The number of nitrogens with zero attached hydrogens (tertiary/aromatic N) is 1. The average molecular weight is 423 g/mol. The van der Waals surface area contributed by atoms with Crippen LogP contribution < -0.4 is 15.4 Å². The minimum atomic E-state index is -4.41. The number of rotatable bonds is 9. The Morgan fingerprint density at radius 3 is 2.40 bits per heavy atom. The van der Waals surface area contributed by atoms with Gasteiger partial charge in [-0.05, 0) is 23.3 Å². The molecule has 0 spiro atoms. The lowest BCUT2D eigenvalue weighted by Gasteiger charge is -2.18. The Labute approximate surface area is 173 Å². The molecular formula is C21H24F3N3O3. The third kappa shape index (κ3) is 8.85. The van der Waals surface area contributed by atoms with Crippen LogP contribution in [0.5, 0.6) is 5.75 Å². The SMILES string of the molecule is CN(Cc1ccccc1)C(=O)NCCC(=O)NCc1cccc(OCC(F)(F)F)c1. The first-order chi connectivity index (χ1) is 14.2. The third-order valence-corrected chi connectivity index (χ3v) is 4.03. The van der Waals surface area contributed by atoms with Crippen molar-refractivity contribution >= 4 is 11.9 Å². The number of alkyl halides is 3. The summed E-state index contributed by atoms with van der Waals surface area (Å²) in [6.45, 7) is -0.616. The minimum absolute atomic E-state index is 0.0767. The largest absolute Gasteiger partial charge is 0.484 e. The van der Waals surface area contributed by atoms with E-state index >= 15 is 0 Å². The van der Waals surface area contributed by atoms with Gasteiger partial charge in [-0.15, -0.1) is 0 Å². The topological polar surface area (TPSA) is 70.7 Å². The summed E-state index contributed by atoms with van der Waals surface area (Å²) in [5.74, 6) is -0.213. The Hall–Kier alpha value is -3.23. The molecule has 0 saturated carbocycles. The van der Waals surface area contributed by atoms with Crippen LogP contribution in [0.25, 0.3) is 0 Å². The van der Waals surface area contributed by atoms with Crippen molar-refractivity contribution in [1.29, 1.82) is 0 Å². The summed E-state index contributed by atoms with van der Waals surface area (Å²) in [6.07, 6.45) is -4.33. The van der Waals surface area contributed by atoms with E-state index in [0.717, 1.165) is 5.56 Å². The zero-order valence-electron chi connectivity index (χ0n) is 16.5. The maximum atomic E-state index is 12.2. The van der Waals surface area contributed by atoms with E-state index in [4.69, 9.17) is 0 Å². The molecule has 0 bridgehead atoms. The number of nitrogens with one attached hydrogen (secondary N) is 2. The molecule has 0 atom stereocenters. The van der Waals surface area contributed by atoms with Gasteiger partial charge in [-0.2, -0.15) is 13.2 Å². The van der Waals surface area contributed by atoms with Gasteiger partial charge >= 0.3 is 12.2 Å². The molecule has 0 aliphatic rings. The number of hydrogen-bond donors (Lipinski definition) is 2. The van der Waals surface area contributed by atoms with Gasteiger partial charge in [0.05, 0.1) is 0 Å². The van der Waals surface area contributed by atoms with Gasteiger partial charge in [0.2, 0.25) is 5.91 Å². The Kier molecular flexibility index (Phi) is 8.52. The fourth-order valence-corrected chi connectivity index (χ4v) is 2.55. The van der Waals surface area contributed by atoms with Crippen LogP contribution in [0.3, 0.4) is 0 Å². The van der Waals surface area contributed by atoms with Crippen LogP contribution in [0.4, 0.5) is 18.0 Å². The van der Waals surface area contributed by atoms with E-state index in [1.807, 2.05) is 30.3 Å². The van der Waals surface area contributed by atoms with Gasteiger partial charge < -0.3 is 20.3 Å². The molecule has 2 N–H and O–H groups in total. The second kappa shape index (κ2) is 11.1. The Morgan fingerprint density at radius 1 is 1.00 bits per heavy atom. The van der Waals surface area contributed by atoms with Crippen molar-refractivity contribution in [3.63, 3.8) is 0 Å². The maximum Gasteiger partial charge on any atom is 0.422 e. The van der Waals surface area contributed by atoms with E-state index in [-0.39, 0.29) is 37.2 Å². The van der Waals surface area contributed by atoms with Crippen LogP contribution in [0.2, 0.25) is 0 Å². The average Bonchev–Trinajstić information content (AvgIpc) is 2.71. The monoisotopic (exact) mass is 423 g/mol. The summed E-state index contributed by atoms with van der Waals surface area (Å²) in [6, 6.07) is 15.3. The van der Waals surface area contributed by atoms with Gasteiger partial charge in [0.25, 0.3) is 0 Å². The van der Waals surface area contributed by atoms with Crippen molar-refractivity contribution in [1.82, 2.24) is 15.5 Å². The Morgan fingerprint density at radius 2 is 1.70 bits per heavy atom. The molecule has 30 heavy (non-hydrogen) atoms. The normalized spacial score (nSPS) is 10.9. The Balaban J connectivity index is 1.68. The summed E-state index contributed by atoms with van der Waals surface area (Å²) >= 11 is 0. The van der Waals surface area contributed by atoms with Crippen molar-refractivity contribution in [3.05, 3.63) is 65.7 Å². The predicted molar refractivity (Wildman–Crippen MR) is 106 cm³/mol. The van der Waals surface area contributed by atoms with Gasteiger partial charge in [-0.3, -0.25) is 4.79 Å². The third-order valence-electron chi connectivity index (χ3n) is 4.03. The molecule has 2 aromatic rings. The molecule has 0 saturated heterocycles. The molecule has 6 nitrogen and oxygen atoms in total. The first kappa shape index (κ1) is 23.1. The van der Waals surface area contributed by atoms with Crippen molar-refractivity contribution < 1.29 is 27.5 Å². The van der Waals surface area contributed by atoms with Crippen molar-refractivity contribution in [2.24, 2.45) is 0 Å². The molecule has 0 aliphatic heterocycles. The molecule has 9 heteroatoms. The number of halogens is 3. The van der Waals surface area contributed by atoms with Crippen LogP contribution in [0, 0.1) is 0 Å². The van der Waals surface area contributed by atoms with Crippen LogP contribution in [0.1, 0.15) is 17.5 Å². The maximum absolute atomic E-state index is 12.2. The number of amides is 3. The van der Waals surface area contributed by atoms with E-state index in [2.05, 4.69) is 15.4 Å². The highest BCUT2D eigenvalue weighted by molar-refractivity contribution is 5.78. The van der Waals surface area contributed by atoms with Crippen molar-refractivity contribution in [3.8, 4) is 5.75 Å². The van der Waals surface area contributed by atoms with E-state index < -0.39 is 12.8 Å². The molecule has 162 valence electrons. The number of urea groups is 1. The standard InChI is InChI=1S/C21H24F3N3O3/c1-27(14-16-6-3-2-4-7-16)20(29)25-11-10-19(28)26-13-17-8-5-9-18(12-17)30-15-21(22,23)24/h2-9,12H,10-11,13-15H2,1H3,(H,25,29)(H,26,28). The highest BCUT2D eigenvalue weighted by Gasteiger charge is 2.28. The van der Waals surface area contributed by atoms with Crippen LogP contribution in [-0.2, 0) is 17.9 Å². The van der Waals surface area contributed by atoms with Gasteiger partial charge in [-0.25, -0.2) is 4.79 Å². The number of ether oxygens (including phenoxy) is 1. The fourth-order valence-electron chi connectivity index (χ4n) is 2.55. The summed E-state index contributed by atoms with van der Waals surface area (Å²) in [7, 11) is 1.66. The molecule has 0 heterocycles. The number of hydrogen-bond acceptors (Lipinski definition) is 3. The highest BCUT2D eigenvalue weighted by Crippen LogP contribution is 2.19. The zero-order chi connectivity index (χ0) is 22.0. The second-order valence-electron chi connectivity index (χ2n) is 6.65. The van der Waals surface area contributed by atoms with Gasteiger partial charge in [-0.1, -0.05) is 42.5 Å². The highest BCUT2D eigenvalue weighted by atomic mass is 19.4. The molecule has 0 radical (unpaired) electrons. The molecule has 3 amide bonds. The summed E-state index contributed by atoms with van der Waals surface area (Å²) in [5, 5.41) is 5.33. The van der Waals surface area contributed by atoms with Crippen LogP contribution in [0.15, 0.2) is 54.6 Å². The van der Waals surface area contributed by atoms with E-state index in [9.17, 15) is 22.8 Å². The summed E-state index contributed by atoms with van der Waals surface area (Å²) < 4.78 is 41.3. The van der Waals surface area contributed by atoms with E-state index in [0.29, 0.717) is 12.1 Å². The molecular weight excluding hydrogens is 399 g/mol. The van der Waals surface area contributed by atoms with Gasteiger partial charge in [0.1, 0.15) is 5.75 Å². The smallest absolute Gasteiger partial charge is 0.422 e. The second-order valence-corrected chi connectivity index (χ2v) is 6.65. The first-order valence-electron chi connectivity index (χ1n) is 9.31. The van der Waals surface area contributed by atoms with Gasteiger partial charge in [0, 0.05) is 33.1 Å². The lowest BCUT2D eigenvalue weighted by atomic mass is 10.2. The van der Waals surface area contributed by atoms with Crippen molar-refractivity contribution in [2.75, 3.05) is 20.2 Å². The summed E-state index contributed by atoms with van der Waals surface area (Å²) in [5.41, 5.74) is 1.60. The molecule has 0 unspecified atom stereocenters. The number of carbonyl (C=O) groups excluding carboxylic acids is 2. The molecule has 2 aromatic carbocycles. The quantitative estimate of drug-likeness (QED) is 0.649. The lowest BCUT2D eigenvalue weighted by molar-refractivity contribution is -0.153. The van der Waals surface area contributed by atoms with Crippen molar-refractivity contribution in [2.45, 2.75) is 25.7 Å². The Bertz CT molecular complexity index is 829. The van der Waals surface area contributed by atoms with Gasteiger partial charge in [0.15, 0.2) is 6.61 Å². The molecule has 0 fully saturated rings. The lowest BCUT2D eigenvalue weighted by Crippen LogP contribution is -2.38. The number of benzene rings is 2. The molecule has 0 aromatic heterocycles.